The zero-order valence-electron chi connectivity index (χ0n) is 10.5. The minimum absolute atomic E-state index is 0.371. The molecule has 0 atom stereocenters. The van der Waals surface area contributed by atoms with E-state index in [1.807, 2.05) is 24.5 Å². The third-order valence-corrected chi connectivity index (χ3v) is 3.29. The van der Waals surface area contributed by atoms with Crippen LogP contribution in [-0.2, 0) is 11.3 Å². The summed E-state index contributed by atoms with van der Waals surface area (Å²) in [5.41, 5.74) is 1.88. The maximum absolute atomic E-state index is 11.8. The summed E-state index contributed by atoms with van der Waals surface area (Å²) in [6.45, 7) is 4.52. The van der Waals surface area contributed by atoms with E-state index < -0.39 is 5.97 Å². The number of nitrogens with zero attached hydrogens (tertiary/aromatic N) is 1. The van der Waals surface area contributed by atoms with Gasteiger partial charge in [-0.25, -0.2) is 4.79 Å². The first-order valence-corrected chi connectivity index (χ1v) is 6.00. The Labute approximate surface area is 110 Å². The van der Waals surface area contributed by atoms with E-state index in [-0.39, 0.29) is 0 Å². The van der Waals surface area contributed by atoms with Crippen molar-refractivity contribution in [1.29, 1.82) is 0 Å². The molecule has 0 aliphatic rings. The van der Waals surface area contributed by atoms with Gasteiger partial charge in [0.15, 0.2) is 5.76 Å². The van der Waals surface area contributed by atoms with Gasteiger partial charge >= 0.3 is 5.97 Å². The largest absolute Gasteiger partial charge is 0.465 e. The van der Waals surface area contributed by atoms with E-state index >= 15 is 0 Å². The van der Waals surface area contributed by atoms with E-state index in [1.54, 1.807) is 12.3 Å². The van der Waals surface area contributed by atoms with Gasteiger partial charge in [0.05, 0.1) is 24.0 Å². The van der Waals surface area contributed by atoms with Crippen molar-refractivity contribution < 1.29 is 13.9 Å². The van der Waals surface area contributed by atoms with Gasteiger partial charge in [-0.1, -0.05) is 11.6 Å². The Morgan fingerprint density at radius 1 is 1.56 bits per heavy atom. The third-order valence-electron chi connectivity index (χ3n) is 2.92. The molecule has 0 spiro atoms. The molecule has 0 bridgehead atoms. The summed E-state index contributed by atoms with van der Waals surface area (Å²) in [5, 5.41) is 0.371. The highest BCUT2D eigenvalue weighted by Gasteiger charge is 2.25. The van der Waals surface area contributed by atoms with Crippen molar-refractivity contribution >= 4 is 17.6 Å². The molecule has 18 heavy (non-hydrogen) atoms. The van der Waals surface area contributed by atoms with Crippen molar-refractivity contribution in [2.75, 3.05) is 7.11 Å². The molecule has 0 N–H and O–H groups in total. The fraction of sp³-hybridized carbons (Fsp3) is 0.308. The Morgan fingerprint density at radius 2 is 2.28 bits per heavy atom. The molecule has 96 valence electrons. The van der Waals surface area contributed by atoms with Crippen molar-refractivity contribution in [3.05, 3.63) is 34.7 Å². The van der Waals surface area contributed by atoms with Crippen molar-refractivity contribution in [3.8, 4) is 11.5 Å². The van der Waals surface area contributed by atoms with Crippen molar-refractivity contribution in [1.82, 2.24) is 4.57 Å². The van der Waals surface area contributed by atoms with Crippen molar-refractivity contribution in [2.45, 2.75) is 20.4 Å². The first kappa shape index (κ1) is 12.8. The number of halogens is 1. The highest BCUT2D eigenvalue weighted by molar-refractivity contribution is 6.36. The van der Waals surface area contributed by atoms with Gasteiger partial charge in [-0.05, 0) is 26.0 Å². The van der Waals surface area contributed by atoms with Crippen LogP contribution >= 0.6 is 11.6 Å². The third kappa shape index (κ3) is 1.82. The van der Waals surface area contributed by atoms with Gasteiger partial charge in [0.2, 0.25) is 0 Å². The Morgan fingerprint density at radius 3 is 2.78 bits per heavy atom. The Kier molecular flexibility index (Phi) is 3.48. The highest BCUT2D eigenvalue weighted by Crippen LogP contribution is 2.36. The maximum Gasteiger partial charge on any atom is 0.341 e. The molecule has 0 unspecified atom stereocenters. The second kappa shape index (κ2) is 4.90. The van der Waals surface area contributed by atoms with Gasteiger partial charge in [-0.2, -0.15) is 0 Å². The molecule has 0 aliphatic carbocycles. The Hall–Kier alpha value is -1.68. The molecule has 0 radical (unpaired) electrons. The first-order valence-electron chi connectivity index (χ1n) is 5.62. The van der Waals surface area contributed by atoms with E-state index in [1.165, 1.54) is 7.11 Å². The Balaban J connectivity index is 2.70. The van der Waals surface area contributed by atoms with Crippen LogP contribution in [0, 0.1) is 6.92 Å². The van der Waals surface area contributed by atoms with Crippen LogP contribution in [0.4, 0.5) is 0 Å². The molecule has 0 aliphatic heterocycles. The lowest BCUT2D eigenvalue weighted by molar-refractivity contribution is 0.0600. The normalized spacial score (nSPS) is 10.7. The number of hydrogen-bond donors (Lipinski definition) is 0. The fourth-order valence-corrected chi connectivity index (χ4v) is 2.50. The first-order chi connectivity index (χ1) is 8.61. The van der Waals surface area contributed by atoms with Crippen LogP contribution in [0.1, 0.15) is 23.0 Å². The van der Waals surface area contributed by atoms with E-state index in [2.05, 4.69) is 0 Å². The minimum Gasteiger partial charge on any atom is -0.465 e. The van der Waals surface area contributed by atoms with Gasteiger partial charge in [-0.15, -0.1) is 0 Å². The van der Waals surface area contributed by atoms with Crippen molar-refractivity contribution in [3.63, 3.8) is 0 Å². The number of hydrogen-bond acceptors (Lipinski definition) is 3. The number of ether oxygens (including phenoxy) is 1. The average Bonchev–Trinajstić information content (AvgIpc) is 2.95. The van der Waals surface area contributed by atoms with Gasteiger partial charge in [0.1, 0.15) is 5.69 Å². The van der Waals surface area contributed by atoms with Gasteiger partial charge < -0.3 is 13.7 Å². The smallest absolute Gasteiger partial charge is 0.341 e. The van der Waals surface area contributed by atoms with Crippen LogP contribution in [0.25, 0.3) is 11.5 Å². The molecule has 0 amide bonds. The number of aromatic nitrogens is 1. The molecule has 5 heteroatoms. The summed E-state index contributed by atoms with van der Waals surface area (Å²) in [6, 6.07) is 3.60. The predicted molar refractivity (Wildman–Crippen MR) is 68.9 cm³/mol. The average molecular weight is 268 g/mol. The molecule has 2 aromatic heterocycles. The number of carbonyl (C=O) groups is 1. The minimum atomic E-state index is -0.433. The van der Waals surface area contributed by atoms with E-state index in [4.69, 9.17) is 20.8 Å². The van der Waals surface area contributed by atoms with Crippen LogP contribution in [0.5, 0.6) is 0 Å². The molecule has 0 aromatic carbocycles. The quantitative estimate of drug-likeness (QED) is 0.799. The fourth-order valence-electron chi connectivity index (χ4n) is 2.09. The lowest BCUT2D eigenvalue weighted by Gasteiger charge is -2.06. The van der Waals surface area contributed by atoms with Gasteiger partial charge in [0, 0.05) is 12.2 Å². The number of furan rings is 1. The monoisotopic (exact) mass is 267 g/mol. The maximum atomic E-state index is 11.8. The Bertz CT molecular complexity index is 570. The molecule has 2 aromatic rings. The topological polar surface area (TPSA) is 44.4 Å². The summed E-state index contributed by atoms with van der Waals surface area (Å²) in [4.78, 5) is 11.8. The molecule has 2 rings (SSSR count). The van der Waals surface area contributed by atoms with E-state index in [9.17, 15) is 4.79 Å². The van der Waals surface area contributed by atoms with Crippen LogP contribution in [0.3, 0.4) is 0 Å². The molecule has 0 saturated heterocycles. The molecular formula is C13H14ClNO3. The van der Waals surface area contributed by atoms with Crippen LogP contribution < -0.4 is 0 Å². The molecule has 4 nitrogen and oxygen atoms in total. The number of rotatable bonds is 3. The molecular weight excluding hydrogens is 254 g/mol. The number of carbonyl (C=O) groups excluding carboxylic acids is 1. The molecule has 0 saturated carbocycles. The second-order valence-corrected chi connectivity index (χ2v) is 4.21. The van der Waals surface area contributed by atoms with Crippen LogP contribution in [0.2, 0.25) is 5.02 Å². The second-order valence-electron chi connectivity index (χ2n) is 3.84. The zero-order valence-corrected chi connectivity index (χ0v) is 11.2. The SMILES string of the molecule is CCn1c(C)c(C(=O)OC)c(Cl)c1-c1ccco1. The van der Waals surface area contributed by atoms with E-state index in [0.717, 1.165) is 5.69 Å². The summed E-state index contributed by atoms with van der Waals surface area (Å²) in [7, 11) is 1.34. The molecule has 0 fully saturated rings. The summed E-state index contributed by atoms with van der Waals surface area (Å²) < 4.78 is 12.1. The van der Waals surface area contributed by atoms with Crippen LogP contribution in [0.15, 0.2) is 22.8 Å². The predicted octanol–water partition coefficient (Wildman–Crippen LogP) is 3.52. The molecule has 2 heterocycles. The van der Waals surface area contributed by atoms with Crippen LogP contribution in [-0.4, -0.2) is 17.6 Å². The summed E-state index contributed by atoms with van der Waals surface area (Å²) >= 11 is 6.30. The highest BCUT2D eigenvalue weighted by atomic mass is 35.5. The number of esters is 1. The lowest BCUT2D eigenvalue weighted by atomic mass is 10.2. The number of methoxy groups -OCH3 is 1. The van der Waals surface area contributed by atoms with E-state index in [0.29, 0.717) is 28.6 Å². The standard InChI is InChI=1S/C13H14ClNO3/c1-4-15-8(2)10(13(16)17-3)11(14)12(15)9-6-5-7-18-9/h5-7H,4H2,1-3H3. The van der Waals surface area contributed by atoms with Gasteiger partial charge in [0.25, 0.3) is 0 Å². The van der Waals surface area contributed by atoms with Crippen molar-refractivity contribution in [2.24, 2.45) is 0 Å². The summed E-state index contributed by atoms with van der Waals surface area (Å²) in [5.74, 6) is 0.206. The lowest BCUT2D eigenvalue weighted by Crippen LogP contribution is -2.05. The van der Waals surface area contributed by atoms with Gasteiger partial charge in [-0.3, -0.25) is 0 Å². The zero-order chi connectivity index (χ0) is 13.3. The summed E-state index contributed by atoms with van der Waals surface area (Å²) in [6.07, 6.45) is 1.58.